The SMILES string of the molecule is COC(=O)CCCOc1c(Cl)cc(Cl)cc1CCN. The molecule has 0 radical (unpaired) electrons. The molecule has 1 aromatic carbocycles. The van der Waals surface area contributed by atoms with E-state index in [1.807, 2.05) is 0 Å². The minimum Gasteiger partial charge on any atom is -0.492 e. The lowest BCUT2D eigenvalue weighted by Gasteiger charge is -2.13. The van der Waals surface area contributed by atoms with E-state index in [1.54, 1.807) is 12.1 Å². The van der Waals surface area contributed by atoms with Crippen molar-refractivity contribution in [2.75, 3.05) is 20.3 Å². The van der Waals surface area contributed by atoms with Gasteiger partial charge in [-0.1, -0.05) is 23.2 Å². The summed E-state index contributed by atoms with van der Waals surface area (Å²) in [6.07, 6.45) is 1.51. The van der Waals surface area contributed by atoms with Gasteiger partial charge in [-0.3, -0.25) is 4.79 Å². The minimum absolute atomic E-state index is 0.256. The Kier molecular flexibility index (Phi) is 6.99. The molecule has 0 aliphatic rings. The van der Waals surface area contributed by atoms with Gasteiger partial charge in [0.2, 0.25) is 0 Å². The number of hydrogen-bond donors (Lipinski definition) is 1. The standard InChI is InChI=1S/C13H17Cl2NO3/c1-18-12(17)3-2-6-19-13-9(4-5-16)7-10(14)8-11(13)15/h7-8H,2-6,16H2,1H3. The van der Waals surface area contributed by atoms with E-state index in [9.17, 15) is 4.79 Å². The normalized spacial score (nSPS) is 10.3. The summed E-state index contributed by atoms with van der Waals surface area (Å²) >= 11 is 12.0. The van der Waals surface area contributed by atoms with Gasteiger partial charge in [0.15, 0.2) is 0 Å². The average Bonchev–Trinajstić information content (AvgIpc) is 2.36. The maximum atomic E-state index is 11.0. The molecular formula is C13H17Cl2NO3. The third-order valence-electron chi connectivity index (χ3n) is 2.50. The Balaban J connectivity index is 2.63. The van der Waals surface area contributed by atoms with Gasteiger partial charge in [0.05, 0.1) is 18.7 Å². The first kappa shape index (κ1) is 16.1. The smallest absolute Gasteiger partial charge is 0.305 e. The molecule has 0 amide bonds. The van der Waals surface area contributed by atoms with Crippen molar-refractivity contribution in [2.45, 2.75) is 19.3 Å². The van der Waals surface area contributed by atoms with Gasteiger partial charge in [0, 0.05) is 11.4 Å². The number of ether oxygens (including phenoxy) is 2. The molecule has 19 heavy (non-hydrogen) atoms. The number of hydrogen-bond acceptors (Lipinski definition) is 4. The molecule has 0 heterocycles. The van der Waals surface area contributed by atoms with E-state index in [4.69, 9.17) is 33.7 Å². The Morgan fingerprint density at radius 3 is 2.74 bits per heavy atom. The average molecular weight is 306 g/mol. The molecule has 6 heteroatoms. The first-order valence-corrected chi connectivity index (χ1v) is 6.71. The number of methoxy groups -OCH3 is 1. The van der Waals surface area contributed by atoms with Crippen molar-refractivity contribution >= 4 is 29.2 Å². The van der Waals surface area contributed by atoms with E-state index < -0.39 is 0 Å². The highest BCUT2D eigenvalue weighted by Gasteiger charge is 2.10. The van der Waals surface area contributed by atoms with Gasteiger partial charge >= 0.3 is 5.97 Å². The van der Waals surface area contributed by atoms with Gasteiger partial charge in [0.25, 0.3) is 0 Å². The van der Waals surface area contributed by atoms with Gasteiger partial charge in [-0.2, -0.15) is 0 Å². The predicted octanol–water partition coefficient (Wildman–Crippen LogP) is 2.83. The Bertz CT molecular complexity index is 438. The van der Waals surface area contributed by atoms with Gasteiger partial charge in [-0.15, -0.1) is 0 Å². The summed E-state index contributed by atoms with van der Waals surface area (Å²) in [4.78, 5) is 11.0. The van der Waals surface area contributed by atoms with Crippen LogP contribution < -0.4 is 10.5 Å². The molecule has 0 aliphatic heterocycles. The molecule has 0 saturated heterocycles. The molecule has 0 spiro atoms. The van der Waals surface area contributed by atoms with Gasteiger partial charge in [0.1, 0.15) is 5.75 Å². The summed E-state index contributed by atoms with van der Waals surface area (Å²) in [5.74, 6) is 0.328. The van der Waals surface area contributed by atoms with Crippen molar-refractivity contribution in [3.8, 4) is 5.75 Å². The fraction of sp³-hybridized carbons (Fsp3) is 0.462. The van der Waals surface area contributed by atoms with Crippen LogP contribution in [0.2, 0.25) is 10.0 Å². The molecule has 0 saturated carbocycles. The Labute approximate surface area is 122 Å². The van der Waals surface area contributed by atoms with Crippen LogP contribution in [0, 0.1) is 0 Å². The molecule has 4 nitrogen and oxygen atoms in total. The van der Waals surface area contributed by atoms with E-state index in [0.717, 1.165) is 5.56 Å². The van der Waals surface area contributed by atoms with Crippen LogP contribution in [0.3, 0.4) is 0 Å². The van der Waals surface area contributed by atoms with Crippen LogP contribution in [-0.2, 0) is 16.0 Å². The molecule has 0 atom stereocenters. The number of esters is 1. The zero-order valence-electron chi connectivity index (χ0n) is 10.7. The highest BCUT2D eigenvalue weighted by Crippen LogP contribution is 2.32. The molecule has 0 bridgehead atoms. The second-order valence-corrected chi connectivity index (χ2v) is 4.79. The van der Waals surface area contributed by atoms with Crippen molar-refractivity contribution in [1.82, 2.24) is 0 Å². The second-order valence-electron chi connectivity index (χ2n) is 3.94. The van der Waals surface area contributed by atoms with E-state index in [2.05, 4.69) is 4.74 Å². The molecule has 106 valence electrons. The third kappa shape index (κ3) is 5.27. The summed E-state index contributed by atoms with van der Waals surface area (Å²) in [7, 11) is 1.36. The fourth-order valence-corrected chi connectivity index (χ4v) is 2.20. The van der Waals surface area contributed by atoms with Crippen molar-refractivity contribution in [3.05, 3.63) is 27.7 Å². The molecule has 0 fully saturated rings. The fourth-order valence-electron chi connectivity index (χ4n) is 1.61. The van der Waals surface area contributed by atoms with Crippen molar-refractivity contribution < 1.29 is 14.3 Å². The van der Waals surface area contributed by atoms with Crippen LogP contribution in [0.15, 0.2) is 12.1 Å². The van der Waals surface area contributed by atoms with Crippen molar-refractivity contribution in [3.63, 3.8) is 0 Å². The number of nitrogens with two attached hydrogens (primary N) is 1. The number of halogens is 2. The molecule has 2 N–H and O–H groups in total. The summed E-state index contributed by atoms with van der Waals surface area (Å²) < 4.78 is 10.2. The van der Waals surface area contributed by atoms with Crippen LogP contribution in [0.1, 0.15) is 18.4 Å². The lowest BCUT2D eigenvalue weighted by molar-refractivity contribution is -0.140. The van der Waals surface area contributed by atoms with Gasteiger partial charge in [-0.25, -0.2) is 0 Å². The summed E-state index contributed by atoms with van der Waals surface area (Å²) in [6.45, 7) is 0.864. The largest absolute Gasteiger partial charge is 0.492 e. The lowest BCUT2D eigenvalue weighted by atomic mass is 10.1. The molecular weight excluding hydrogens is 289 g/mol. The Morgan fingerprint density at radius 1 is 1.37 bits per heavy atom. The summed E-state index contributed by atoms with van der Waals surface area (Å²) in [6, 6.07) is 3.41. The molecule has 0 aliphatic carbocycles. The lowest BCUT2D eigenvalue weighted by Crippen LogP contribution is -2.08. The topological polar surface area (TPSA) is 61.5 Å². The van der Waals surface area contributed by atoms with E-state index in [1.165, 1.54) is 7.11 Å². The number of carbonyl (C=O) groups excluding carboxylic acids is 1. The quantitative estimate of drug-likeness (QED) is 0.621. The Hall–Kier alpha value is -0.970. The van der Waals surface area contributed by atoms with Crippen LogP contribution in [-0.4, -0.2) is 26.2 Å². The van der Waals surface area contributed by atoms with Crippen LogP contribution in [0.5, 0.6) is 5.75 Å². The summed E-state index contributed by atoms with van der Waals surface area (Å²) in [5.41, 5.74) is 6.41. The number of carbonyl (C=O) groups is 1. The van der Waals surface area contributed by atoms with Gasteiger partial charge < -0.3 is 15.2 Å². The number of benzene rings is 1. The Morgan fingerprint density at radius 2 is 2.11 bits per heavy atom. The molecule has 1 aromatic rings. The number of rotatable bonds is 7. The van der Waals surface area contributed by atoms with E-state index in [-0.39, 0.29) is 5.97 Å². The maximum Gasteiger partial charge on any atom is 0.305 e. The summed E-state index contributed by atoms with van der Waals surface area (Å²) in [5, 5.41) is 1.00. The minimum atomic E-state index is -0.256. The van der Waals surface area contributed by atoms with E-state index in [0.29, 0.717) is 48.2 Å². The van der Waals surface area contributed by atoms with Crippen LogP contribution in [0.4, 0.5) is 0 Å². The van der Waals surface area contributed by atoms with Crippen LogP contribution in [0.25, 0.3) is 0 Å². The van der Waals surface area contributed by atoms with Crippen molar-refractivity contribution in [2.24, 2.45) is 5.73 Å². The zero-order valence-corrected chi connectivity index (χ0v) is 12.3. The highest BCUT2D eigenvalue weighted by atomic mass is 35.5. The van der Waals surface area contributed by atoms with E-state index >= 15 is 0 Å². The second kappa shape index (κ2) is 8.25. The first-order chi connectivity index (χ1) is 9.08. The highest BCUT2D eigenvalue weighted by molar-refractivity contribution is 6.35. The van der Waals surface area contributed by atoms with Crippen LogP contribution >= 0.6 is 23.2 Å². The first-order valence-electron chi connectivity index (χ1n) is 5.96. The third-order valence-corrected chi connectivity index (χ3v) is 3.00. The molecule has 0 unspecified atom stereocenters. The van der Waals surface area contributed by atoms with Gasteiger partial charge in [-0.05, 0) is 37.1 Å². The monoisotopic (exact) mass is 305 g/mol. The maximum absolute atomic E-state index is 11.0. The molecule has 0 aromatic heterocycles. The zero-order chi connectivity index (χ0) is 14.3. The molecule has 1 rings (SSSR count). The van der Waals surface area contributed by atoms with Crippen molar-refractivity contribution in [1.29, 1.82) is 0 Å². The predicted molar refractivity (Wildman–Crippen MR) is 76.0 cm³/mol.